The molecule has 0 spiro atoms. The zero-order valence-corrected chi connectivity index (χ0v) is 14.5. The first kappa shape index (κ1) is 19.8. The first-order chi connectivity index (χ1) is 10.8. The molecule has 2 nitrogen and oxygen atoms in total. The molecule has 0 aliphatic carbocycles. The Labute approximate surface area is 137 Å². The van der Waals surface area contributed by atoms with Gasteiger partial charge in [-0.1, -0.05) is 47.0 Å². The van der Waals surface area contributed by atoms with Gasteiger partial charge < -0.3 is 4.74 Å². The largest absolute Gasteiger partial charge is 0.474 e. The molecule has 0 N–H and O–H groups in total. The summed E-state index contributed by atoms with van der Waals surface area (Å²) in [5, 5.41) is 0. The molecule has 1 aromatic heterocycles. The number of nitrogens with zero attached hydrogens (tertiary/aromatic N) is 1. The van der Waals surface area contributed by atoms with E-state index in [1.165, 1.54) is 25.3 Å². The summed E-state index contributed by atoms with van der Waals surface area (Å²) >= 11 is 0. The highest BCUT2D eigenvalue weighted by Crippen LogP contribution is 2.30. The van der Waals surface area contributed by atoms with Crippen molar-refractivity contribution in [3.8, 4) is 5.88 Å². The Morgan fingerprint density at radius 1 is 1.17 bits per heavy atom. The summed E-state index contributed by atoms with van der Waals surface area (Å²) < 4.78 is 43.4. The van der Waals surface area contributed by atoms with Crippen molar-refractivity contribution in [2.24, 2.45) is 11.8 Å². The molecule has 1 aromatic rings. The Hall–Kier alpha value is -1.26. The molecule has 0 aliphatic heterocycles. The second-order valence-electron chi connectivity index (χ2n) is 6.41. The minimum Gasteiger partial charge on any atom is -0.474 e. The zero-order valence-electron chi connectivity index (χ0n) is 14.5. The lowest BCUT2D eigenvalue weighted by atomic mass is 9.89. The van der Waals surface area contributed by atoms with Crippen LogP contribution in [0.1, 0.15) is 65.4 Å². The number of pyridine rings is 1. The minimum absolute atomic E-state index is 0.0247. The van der Waals surface area contributed by atoms with Crippen LogP contribution >= 0.6 is 0 Å². The minimum atomic E-state index is -4.36. The van der Waals surface area contributed by atoms with Crippen molar-refractivity contribution in [3.05, 3.63) is 23.9 Å². The van der Waals surface area contributed by atoms with Crippen molar-refractivity contribution in [2.75, 3.05) is 0 Å². The van der Waals surface area contributed by atoms with E-state index in [9.17, 15) is 13.2 Å². The summed E-state index contributed by atoms with van der Waals surface area (Å²) in [7, 11) is 0. The molecule has 1 rings (SSSR count). The van der Waals surface area contributed by atoms with E-state index in [-0.39, 0.29) is 12.0 Å². The maximum Gasteiger partial charge on any atom is 0.417 e. The highest BCUT2D eigenvalue weighted by Gasteiger charge is 2.31. The number of aromatic nitrogens is 1. The SMILES string of the molecule is CCCCC(C)CC(C)C(CC)Oc1ccc(C(F)(F)F)cn1. The molecule has 132 valence electrons. The maximum atomic E-state index is 12.5. The molecule has 23 heavy (non-hydrogen) atoms. The summed E-state index contributed by atoms with van der Waals surface area (Å²) in [6.07, 6.45) is 1.94. The van der Waals surface area contributed by atoms with Crippen molar-refractivity contribution in [2.45, 2.75) is 72.1 Å². The van der Waals surface area contributed by atoms with E-state index in [1.807, 2.05) is 6.92 Å². The quantitative estimate of drug-likeness (QED) is 0.544. The predicted molar refractivity (Wildman–Crippen MR) is 86.4 cm³/mol. The standard InChI is InChI=1S/C18H28F3NO/c1-5-7-8-13(3)11-14(4)16(6-2)23-17-10-9-15(12-22-17)18(19,20)21/h9-10,12-14,16H,5-8,11H2,1-4H3. The van der Waals surface area contributed by atoms with Gasteiger partial charge in [-0.05, 0) is 30.7 Å². The van der Waals surface area contributed by atoms with Gasteiger partial charge in [-0.25, -0.2) is 4.98 Å². The maximum absolute atomic E-state index is 12.5. The van der Waals surface area contributed by atoms with E-state index in [0.717, 1.165) is 25.1 Å². The third-order valence-corrected chi connectivity index (χ3v) is 4.20. The van der Waals surface area contributed by atoms with Crippen LogP contribution in [0.15, 0.2) is 18.3 Å². The molecule has 0 aliphatic rings. The normalized spacial score (nSPS) is 16.0. The van der Waals surface area contributed by atoms with Gasteiger partial charge in [0.2, 0.25) is 5.88 Å². The number of halogens is 3. The Balaban J connectivity index is 2.61. The molecule has 0 fully saturated rings. The van der Waals surface area contributed by atoms with Crippen LogP contribution in [0.2, 0.25) is 0 Å². The second-order valence-corrected chi connectivity index (χ2v) is 6.41. The molecule has 0 bridgehead atoms. The predicted octanol–water partition coefficient (Wildman–Crippen LogP) is 6.11. The van der Waals surface area contributed by atoms with Gasteiger partial charge >= 0.3 is 6.18 Å². The Kier molecular flexibility index (Phi) is 7.86. The fourth-order valence-electron chi connectivity index (χ4n) is 2.83. The third kappa shape index (κ3) is 6.80. The molecule has 0 saturated carbocycles. The highest BCUT2D eigenvalue weighted by atomic mass is 19.4. The van der Waals surface area contributed by atoms with Gasteiger partial charge in [-0.15, -0.1) is 0 Å². The van der Waals surface area contributed by atoms with Crippen LogP contribution in [-0.4, -0.2) is 11.1 Å². The number of rotatable bonds is 9. The van der Waals surface area contributed by atoms with Gasteiger partial charge in [-0.3, -0.25) is 0 Å². The molecular weight excluding hydrogens is 303 g/mol. The summed E-state index contributed by atoms with van der Waals surface area (Å²) in [5.74, 6) is 1.23. The van der Waals surface area contributed by atoms with E-state index in [4.69, 9.17) is 4.74 Å². The van der Waals surface area contributed by atoms with Crippen molar-refractivity contribution in [1.82, 2.24) is 4.98 Å². The van der Waals surface area contributed by atoms with Crippen LogP contribution in [0.4, 0.5) is 13.2 Å². The van der Waals surface area contributed by atoms with E-state index in [1.54, 1.807) is 0 Å². The average molecular weight is 331 g/mol. The molecule has 0 radical (unpaired) electrons. The van der Waals surface area contributed by atoms with Gasteiger partial charge in [-0.2, -0.15) is 13.2 Å². The van der Waals surface area contributed by atoms with E-state index < -0.39 is 11.7 Å². The second kappa shape index (κ2) is 9.14. The zero-order chi connectivity index (χ0) is 17.5. The van der Waals surface area contributed by atoms with Crippen LogP contribution in [-0.2, 0) is 6.18 Å². The van der Waals surface area contributed by atoms with Crippen LogP contribution in [0.25, 0.3) is 0 Å². The molecule has 3 atom stereocenters. The summed E-state index contributed by atoms with van der Waals surface area (Å²) in [6.45, 7) is 8.60. The number of hydrogen-bond donors (Lipinski definition) is 0. The number of alkyl halides is 3. The van der Waals surface area contributed by atoms with Crippen molar-refractivity contribution in [1.29, 1.82) is 0 Å². The fourth-order valence-corrected chi connectivity index (χ4v) is 2.83. The Bertz CT molecular complexity index is 445. The lowest BCUT2D eigenvalue weighted by Gasteiger charge is -2.26. The van der Waals surface area contributed by atoms with Crippen molar-refractivity contribution in [3.63, 3.8) is 0 Å². The van der Waals surface area contributed by atoms with Gasteiger partial charge in [0.15, 0.2) is 0 Å². The summed E-state index contributed by atoms with van der Waals surface area (Å²) in [6, 6.07) is 2.32. The molecular formula is C18H28F3NO. The molecule has 1 heterocycles. The summed E-state index contributed by atoms with van der Waals surface area (Å²) in [5.41, 5.74) is -0.751. The van der Waals surface area contributed by atoms with E-state index in [0.29, 0.717) is 11.8 Å². The number of hydrogen-bond acceptors (Lipinski definition) is 2. The Morgan fingerprint density at radius 3 is 2.35 bits per heavy atom. The molecule has 0 aromatic carbocycles. The molecule has 3 unspecified atom stereocenters. The monoisotopic (exact) mass is 331 g/mol. The highest BCUT2D eigenvalue weighted by molar-refractivity contribution is 5.20. The smallest absolute Gasteiger partial charge is 0.417 e. The number of ether oxygens (including phenoxy) is 1. The van der Waals surface area contributed by atoms with Gasteiger partial charge in [0.05, 0.1) is 5.56 Å². The fraction of sp³-hybridized carbons (Fsp3) is 0.722. The van der Waals surface area contributed by atoms with Gasteiger partial charge in [0.1, 0.15) is 6.10 Å². The van der Waals surface area contributed by atoms with Crippen LogP contribution in [0.3, 0.4) is 0 Å². The number of unbranched alkanes of at least 4 members (excludes halogenated alkanes) is 1. The third-order valence-electron chi connectivity index (χ3n) is 4.20. The van der Waals surface area contributed by atoms with Crippen LogP contribution in [0, 0.1) is 11.8 Å². The van der Waals surface area contributed by atoms with E-state index in [2.05, 4.69) is 25.8 Å². The van der Waals surface area contributed by atoms with Crippen molar-refractivity contribution >= 4 is 0 Å². The molecule has 0 amide bonds. The summed E-state index contributed by atoms with van der Waals surface area (Å²) in [4.78, 5) is 3.80. The van der Waals surface area contributed by atoms with Gasteiger partial charge in [0.25, 0.3) is 0 Å². The van der Waals surface area contributed by atoms with Crippen LogP contribution in [0.5, 0.6) is 5.88 Å². The lowest BCUT2D eigenvalue weighted by Crippen LogP contribution is -2.26. The van der Waals surface area contributed by atoms with Crippen LogP contribution < -0.4 is 4.74 Å². The first-order valence-corrected chi connectivity index (χ1v) is 8.47. The lowest BCUT2D eigenvalue weighted by molar-refractivity contribution is -0.137. The average Bonchev–Trinajstić information content (AvgIpc) is 2.50. The topological polar surface area (TPSA) is 22.1 Å². The van der Waals surface area contributed by atoms with Gasteiger partial charge in [0, 0.05) is 12.3 Å². The molecule has 5 heteroatoms. The Morgan fingerprint density at radius 2 is 1.87 bits per heavy atom. The van der Waals surface area contributed by atoms with E-state index >= 15 is 0 Å². The first-order valence-electron chi connectivity index (χ1n) is 8.47. The van der Waals surface area contributed by atoms with Crippen molar-refractivity contribution < 1.29 is 17.9 Å². The molecule has 0 saturated heterocycles.